The zero-order valence-electron chi connectivity index (χ0n) is 11.9. The summed E-state index contributed by atoms with van der Waals surface area (Å²) in [6, 6.07) is 2.04. The minimum absolute atomic E-state index is 0.509. The van der Waals surface area contributed by atoms with Crippen LogP contribution in [0.25, 0.3) is 5.78 Å². The Morgan fingerprint density at radius 2 is 2.14 bits per heavy atom. The van der Waals surface area contributed by atoms with Crippen molar-refractivity contribution in [3.63, 3.8) is 0 Å². The lowest BCUT2D eigenvalue weighted by atomic mass is 10.3. The standard InChI is InChI=1S/C12H16N8S/c1-8-5-9(2)19-6-10(15-11(19)14-8)7-21-12-16-17-18-20(12)4-3-13/h5-6H,3-4,7,13H2,1-2H3. The molecule has 0 aliphatic heterocycles. The molecule has 2 N–H and O–H groups in total. The zero-order valence-corrected chi connectivity index (χ0v) is 12.7. The van der Waals surface area contributed by atoms with Crippen LogP contribution in [0.3, 0.4) is 0 Å². The first-order valence-electron chi connectivity index (χ1n) is 6.58. The number of imidazole rings is 1. The van der Waals surface area contributed by atoms with Gasteiger partial charge in [0, 0.05) is 29.9 Å². The van der Waals surface area contributed by atoms with Gasteiger partial charge in [0.1, 0.15) is 0 Å². The normalized spacial score (nSPS) is 11.4. The Balaban J connectivity index is 1.79. The average Bonchev–Trinajstić information content (AvgIpc) is 3.03. The lowest BCUT2D eigenvalue weighted by Gasteiger charge is -2.00. The highest BCUT2D eigenvalue weighted by Gasteiger charge is 2.10. The van der Waals surface area contributed by atoms with E-state index in [-0.39, 0.29) is 0 Å². The predicted octanol–water partition coefficient (Wildman–Crippen LogP) is 0.584. The van der Waals surface area contributed by atoms with Crippen LogP contribution in [0.5, 0.6) is 0 Å². The smallest absolute Gasteiger partial charge is 0.234 e. The van der Waals surface area contributed by atoms with Gasteiger partial charge in [0.05, 0.1) is 12.2 Å². The Morgan fingerprint density at radius 1 is 1.29 bits per heavy atom. The summed E-state index contributed by atoms with van der Waals surface area (Å²) in [5.74, 6) is 1.41. The summed E-state index contributed by atoms with van der Waals surface area (Å²) in [7, 11) is 0. The first kappa shape index (κ1) is 14.0. The first-order chi connectivity index (χ1) is 10.2. The molecule has 110 valence electrons. The molecule has 0 saturated heterocycles. The maximum Gasteiger partial charge on any atom is 0.234 e. The van der Waals surface area contributed by atoms with Crippen LogP contribution in [0, 0.1) is 13.8 Å². The molecule has 0 aromatic carbocycles. The van der Waals surface area contributed by atoms with Crippen molar-refractivity contribution in [2.45, 2.75) is 31.3 Å². The highest BCUT2D eigenvalue weighted by Crippen LogP contribution is 2.20. The van der Waals surface area contributed by atoms with Crippen molar-refractivity contribution < 1.29 is 0 Å². The van der Waals surface area contributed by atoms with E-state index in [1.807, 2.05) is 30.5 Å². The van der Waals surface area contributed by atoms with Gasteiger partial charge in [0.2, 0.25) is 10.9 Å². The van der Waals surface area contributed by atoms with Crippen molar-refractivity contribution in [1.82, 2.24) is 34.6 Å². The predicted molar refractivity (Wildman–Crippen MR) is 78.9 cm³/mol. The largest absolute Gasteiger partial charge is 0.329 e. The number of aromatic nitrogens is 7. The Morgan fingerprint density at radius 3 is 2.95 bits per heavy atom. The van der Waals surface area contributed by atoms with Gasteiger partial charge in [0.15, 0.2) is 0 Å². The molecule has 0 aliphatic rings. The molecule has 3 aromatic rings. The van der Waals surface area contributed by atoms with Crippen LogP contribution in [-0.2, 0) is 12.3 Å². The van der Waals surface area contributed by atoms with E-state index in [4.69, 9.17) is 5.73 Å². The van der Waals surface area contributed by atoms with Crippen LogP contribution in [0.4, 0.5) is 0 Å². The van der Waals surface area contributed by atoms with Crippen LogP contribution in [0.1, 0.15) is 17.1 Å². The monoisotopic (exact) mass is 304 g/mol. The topological polar surface area (TPSA) is 99.8 Å². The van der Waals surface area contributed by atoms with Crippen molar-refractivity contribution >= 4 is 17.5 Å². The van der Waals surface area contributed by atoms with Gasteiger partial charge in [-0.1, -0.05) is 11.8 Å². The lowest BCUT2D eigenvalue weighted by molar-refractivity contribution is 0.557. The SMILES string of the molecule is Cc1cc(C)n2cc(CSc3nnnn3CCN)nc2n1. The molecule has 3 aromatic heterocycles. The fraction of sp³-hybridized carbons (Fsp3) is 0.417. The van der Waals surface area contributed by atoms with E-state index in [0.29, 0.717) is 18.8 Å². The molecular weight excluding hydrogens is 288 g/mol. The van der Waals surface area contributed by atoms with E-state index in [0.717, 1.165) is 28.0 Å². The summed E-state index contributed by atoms with van der Waals surface area (Å²) >= 11 is 1.54. The molecule has 0 radical (unpaired) electrons. The lowest BCUT2D eigenvalue weighted by Crippen LogP contribution is -2.12. The highest BCUT2D eigenvalue weighted by molar-refractivity contribution is 7.98. The second-order valence-electron chi connectivity index (χ2n) is 4.70. The fourth-order valence-corrected chi connectivity index (χ4v) is 2.88. The van der Waals surface area contributed by atoms with Crippen LogP contribution >= 0.6 is 11.8 Å². The third-order valence-corrected chi connectivity index (χ3v) is 3.99. The average molecular weight is 304 g/mol. The summed E-state index contributed by atoms with van der Waals surface area (Å²) in [6.45, 7) is 5.13. The van der Waals surface area contributed by atoms with Gasteiger partial charge in [-0.05, 0) is 30.3 Å². The number of nitrogens with zero attached hydrogens (tertiary/aromatic N) is 7. The van der Waals surface area contributed by atoms with Crippen molar-refractivity contribution in [2.24, 2.45) is 5.73 Å². The molecule has 0 amide bonds. The minimum Gasteiger partial charge on any atom is -0.329 e. The maximum absolute atomic E-state index is 5.53. The van der Waals surface area contributed by atoms with Gasteiger partial charge in [0.25, 0.3) is 0 Å². The van der Waals surface area contributed by atoms with E-state index in [9.17, 15) is 0 Å². The molecule has 8 nitrogen and oxygen atoms in total. The number of hydrogen-bond donors (Lipinski definition) is 1. The molecule has 0 saturated carbocycles. The molecule has 0 unspecified atom stereocenters. The van der Waals surface area contributed by atoms with E-state index >= 15 is 0 Å². The van der Waals surface area contributed by atoms with Gasteiger partial charge in [-0.15, -0.1) is 5.10 Å². The fourth-order valence-electron chi connectivity index (χ4n) is 2.09. The number of fused-ring (bicyclic) bond motifs is 1. The summed E-state index contributed by atoms with van der Waals surface area (Å²) in [4.78, 5) is 8.97. The number of rotatable bonds is 5. The van der Waals surface area contributed by atoms with E-state index < -0.39 is 0 Å². The van der Waals surface area contributed by atoms with Crippen molar-refractivity contribution in [2.75, 3.05) is 6.54 Å². The van der Waals surface area contributed by atoms with Crippen LogP contribution in [-0.4, -0.2) is 41.1 Å². The number of tetrazole rings is 1. The third kappa shape index (κ3) is 2.88. The van der Waals surface area contributed by atoms with Crippen LogP contribution in [0.2, 0.25) is 0 Å². The maximum atomic E-state index is 5.53. The third-order valence-electron chi connectivity index (χ3n) is 3.00. The number of hydrogen-bond acceptors (Lipinski definition) is 7. The Hall–Kier alpha value is -2.00. The van der Waals surface area contributed by atoms with Crippen molar-refractivity contribution in [1.29, 1.82) is 0 Å². The Labute approximate surface area is 125 Å². The van der Waals surface area contributed by atoms with Crippen LogP contribution < -0.4 is 5.73 Å². The molecule has 0 atom stereocenters. The second kappa shape index (κ2) is 5.78. The number of aryl methyl sites for hydroxylation is 2. The summed E-state index contributed by atoms with van der Waals surface area (Å²) in [5, 5.41) is 12.3. The molecular formula is C12H16N8S. The van der Waals surface area contributed by atoms with Crippen LogP contribution in [0.15, 0.2) is 17.4 Å². The minimum atomic E-state index is 0.509. The molecule has 9 heteroatoms. The summed E-state index contributed by atoms with van der Waals surface area (Å²) < 4.78 is 3.69. The van der Waals surface area contributed by atoms with Gasteiger partial charge >= 0.3 is 0 Å². The van der Waals surface area contributed by atoms with Gasteiger partial charge < -0.3 is 5.73 Å². The van der Waals surface area contributed by atoms with Gasteiger partial charge in [-0.2, -0.15) is 0 Å². The molecule has 3 rings (SSSR count). The molecule has 0 fully saturated rings. The Kier molecular flexibility index (Phi) is 3.84. The zero-order chi connectivity index (χ0) is 14.8. The van der Waals surface area contributed by atoms with E-state index in [1.165, 1.54) is 11.8 Å². The van der Waals surface area contributed by atoms with E-state index in [2.05, 4.69) is 25.5 Å². The highest BCUT2D eigenvalue weighted by atomic mass is 32.2. The molecule has 0 spiro atoms. The molecule has 0 bridgehead atoms. The Bertz CT molecular complexity index is 762. The number of nitrogens with two attached hydrogens (primary N) is 1. The molecule has 3 heterocycles. The quantitative estimate of drug-likeness (QED) is 0.688. The summed E-state index contributed by atoms with van der Waals surface area (Å²) in [5.41, 5.74) is 8.56. The van der Waals surface area contributed by atoms with Crippen molar-refractivity contribution in [3.8, 4) is 0 Å². The van der Waals surface area contributed by atoms with Gasteiger partial charge in [-0.3, -0.25) is 4.40 Å². The first-order valence-corrected chi connectivity index (χ1v) is 7.57. The van der Waals surface area contributed by atoms with Crippen molar-refractivity contribution in [3.05, 3.63) is 29.3 Å². The number of thioether (sulfide) groups is 1. The summed E-state index contributed by atoms with van der Waals surface area (Å²) in [6.07, 6.45) is 2.00. The molecule has 21 heavy (non-hydrogen) atoms. The second-order valence-corrected chi connectivity index (χ2v) is 5.65. The molecule has 0 aliphatic carbocycles. The van der Waals surface area contributed by atoms with Gasteiger partial charge in [-0.25, -0.2) is 14.6 Å². The van der Waals surface area contributed by atoms with E-state index in [1.54, 1.807) is 4.68 Å².